The van der Waals surface area contributed by atoms with Gasteiger partial charge in [0.25, 0.3) is 21.8 Å². The molecule has 0 saturated carbocycles. The Bertz CT molecular complexity index is 1150. The van der Waals surface area contributed by atoms with Crippen LogP contribution >= 0.6 is 24.0 Å². The summed E-state index contributed by atoms with van der Waals surface area (Å²) in [6.07, 6.45) is 0. The monoisotopic (exact) mass is 416 g/mol. The number of thioether (sulfide) groups is 1. The Balaban J connectivity index is 1.93. The van der Waals surface area contributed by atoms with Crippen LogP contribution in [0.1, 0.15) is 11.1 Å². The molecule has 2 heterocycles. The fourth-order valence-corrected chi connectivity index (χ4v) is 5.47. The number of carbonyl (C=O) groups excluding carboxylic acids is 2. The van der Waals surface area contributed by atoms with Crippen LogP contribution in [0.15, 0.2) is 58.3 Å². The first-order valence-electron chi connectivity index (χ1n) is 7.84. The highest BCUT2D eigenvalue weighted by Crippen LogP contribution is 2.44. The van der Waals surface area contributed by atoms with Gasteiger partial charge in [0, 0.05) is 5.56 Å². The van der Waals surface area contributed by atoms with E-state index in [4.69, 9.17) is 12.2 Å². The summed E-state index contributed by atoms with van der Waals surface area (Å²) in [6.45, 7) is 1.84. The van der Waals surface area contributed by atoms with E-state index < -0.39 is 21.8 Å². The number of hydrogen-bond acceptors (Lipinski definition) is 6. The predicted molar refractivity (Wildman–Crippen MR) is 108 cm³/mol. The van der Waals surface area contributed by atoms with E-state index in [0.717, 1.165) is 21.6 Å². The molecule has 0 spiro atoms. The molecule has 0 radical (unpaired) electrons. The number of anilines is 1. The molecule has 0 unspecified atom stereocenters. The molecule has 2 aliphatic heterocycles. The van der Waals surface area contributed by atoms with Gasteiger partial charge in [0.1, 0.15) is 4.32 Å². The molecule has 2 aliphatic rings. The Hall–Kier alpha value is -2.49. The summed E-state index contributed by atoms with van der Waals surface area (Å²) >= 11 is 5.95. The second kappa shape index (κ2) is 6.29. The number of aryl methyl sites for hydroxylation is 1. The molecule has 0 bridgehead atoms. The third-order valence-electron chi connectivity index (χ3n) is 4.19. The average molecular weight is 417 g/mol. The number of thiocarbonyl (C=S) groups is 1. The van der Waals surface area contributed by atoms with Crippen molar-refractivity contribution in [1.29, 1.82) is 0 Å². The zero-order chi connectivity index (χ0) is 19.3. The third kappa shape index (κ3) is 2.78. The molecule has 4 rings (SSSR count). The first-order valence-corrected chi connectivity index (χ1v) is 10.5. The normalized spacial score (nSPS) is 19.4. The number of nitrogens with one attached hydrogen (secondary N) is 1. The lowest BCUT2D eigenvalue weighted by Crippen LogP contribution is -2.34. The molecule has 6 nitrogen and oxygen atoms in total. The zero-order valence-electron chi connectivity index (χ0n) is 13.9. The Morgan fingerprint density at radius 3 is 2.33 bits per heavy atom. The Labute approximate surface area is 165 Å². The summed E-state index contributed by atoms with van der Waals surface area (Å²) in [5.41, 5.74) is 1.55. The topological polar surface area (TPSA) is 83.6 Å². The molecule has 1 N–H and O–H groups in total. The largest absolute Gasteiger partial charge is 0.307 e. The molecule has 9 heteroatoms. The summed E-state index contributed by atoms with van der Waals surface area (Å²) in [7, 11) is -4.14. The van der Waals surface area contributed by atoms with Crippen molar-refractivity contribution in [2.24, 2.45) is 0 Å². The van der Waals surface area contributed by atoms with Gasteiger partial charge in [-0.2, -0.15) is 4.31 Å². The summed E-state index contributed by atoms with van der Waals surface area (Å²) in [4.78, 5) is 25.4. The maximum atomic E-state index is 13.2. The van der Waals surface area contributed by atoms with E-state index in [1.807, 2.05) is 6.92 Å². The fraction of sp³-hybridized carbons (Fsp3) is 0.0556. The number of benzene rings is 2. The summed E-state index contributed by atoms with van der Waals surface area (Å²) in [6, 6.07) is 12.7. The van der Waals surface area contributed by atoms with Crippen LogP contribution in [0, 0.1) is 6.92 Å². The van der Waals surface area contributed by atoms with E-state index in [-0.39, 0.29) is 25.4 Å². The maximum Gasteiger partial charge on any atom is 0.274 e. The predicted octanol–water partition coefficient (Wildman–Crippen LogP) is 2.59. The van der Waals surface area contributed by atoms with Crippen LogP contribution in [0.2, 0.25) is 0 Å². The lowest BCUT2D eigenvalue weighted by Gasteiger charge is -2.17. The minimum atomic E-state index is -4.14. The van der Waals surface area contributed by atoms with Crippen molar-refractivity contribution < 1.29 is 18.0 Å². The van der Waals surface area contributed by atoms with Crippen LogP contribution in [-0.2, 0) is 19.6 Å². The SMILES string of the molecule is Cc1ccc(S(=O)(=O)N2C(=O)/C(=C3\SC(=S)NC3=O)c3ccccc32)cc1. The molecule has 1 fully saturated rings. The van der Waals surface area contributed by atoms with Crippen molar-refractivity contribution in [1.82, 2.24) is 5.32 Å². The number of sulfonamides is 1. The van der Waals surface area contributed by atoms with Crippen molar-refractivity contribution in [3.63, 3.8) is 0 Å². The number of amides is 2. The van der Waals surface area contributed by atoms with Crippen LogP contribution in [0.3, 0.4) is 0 Å². The minimum Gasteiger partial charge on any atom is -0.307 e. The van der Waals surface area contributed by atoms with Gasteiger partial charge in [-0.15, -0.1) is 0 Å². The number of para-hydroxylation sites is 1. The van der Waals surface area contributed by atoms with Crippen molar-refractivity contribution in [2.45, 2.75) is 11.8 Å². The van der Waals surface area contributed by atoms with Crippen LogP contribution in [0.25, 0.3) is 5.57 Å². The smallest absolute Gasteiger partial charge is 0.274 e. The minimum absolute atomic E-state index is 0.00144. The molecule has 27 heavy (non-hydrogen) atoms. The second-order valence-electron chi connectivity index (χ2n) is 5.95. The van der Waals surface area contributed by atoms with Crippen molar-refractivity contribution in [3.05, 3.63) is 64.6 Å². The highest BCUT2D eigenvalue weighted by molar-refractivity contribution is 8.27. The average Bonchev–Trinajstić information content (AvgIpc) is 3.10. The standard InChI is InChI=1S/C18H12N2O4S3/c1-10-6-8-11(9-7-10)27(23,24)20-13-5-3-2-4-12(13)14(17(20)22)15-16(21)19-18(25)26-15/h2-9H,1H3,(H,19,21,25)/b15-14-. The second-order valence-corrected chi connectivity index (χ2v) is 9.43. The van der Waals surface area contributed by atoms with Gasteiger partial charge in [-0.05, 0) is 25.1 Å². The maximum absolute atomic E-state index is 13.2. The highest BCUT2D eigenvalue weighted by atomic mass is 32.2. The van der Waals surface area contributed by atoms with Crippen molar-refractivity contribution >= 4 is 61.4 Å². The van der Waals surface area contributed by atoms with Gasteiger partial charge >= 0.3 is 0 Å². The van der Waals surface area contributed by atoms with Crippen LogP contribution < -0.4 is 9.62 Å². The number of carbonyl (C=O) groups is 2. The van der Waals surface area contributed by atoms with Gasteiger partial charge in [-0.1, -0.05) is 59.9 Å². The number of fused-ring (bicyclic) bond motifs is 1. The zero-order valence-corrected chi connectivity index (χ0v) is 16.4. The van der Waals surface area contributed by atoms with Crippen LogP contribution in [-0.4, -0.2) is 24.6 Å². The Kier molecular flexibility index (Phi) is 4.17. The van der Waals surface area contributed by atoms with Crippen molar-refractivity contribution in [3.8, 4) is 0 Å². The lowest BCUT2D eigenvalue weighted by molar-refractivity contribution is -0.116. The van der Waals surface area contributed by atoms with E-state index in [0.29, 0.717) is 5.56 Å². The van der Waals surface area contributed by atoms with Gasteiger partial charge in [0.15, 0.2) is 0 Å². The molecule has 136 valence electrons. The highest BCUT2D eigenvalue weighted by Gasteiger charge is 2.44. The van der Waals surface area contributed by atoms with Crippen LogP contribution in [0.4, 0.5) is 5.69 Å². The quantitative estimate of drug-likeness (QED) is 0.599. The summed E-state index contributed by atoms with van der Waals surface area (Å²) < 4.78 is 27.3. The molecule has 0 aromatic heterocycles. The summed E-state index contributed by atoms with van der Waals surface area (Å²) in [5.74, 6) is -1.27. The number of rotatable bonds is 2. The molecular formula is C18H12N2O4S3. The summed E-state index contributed by atoms with van der Waals surface area (Å²) in [5, 5.41) is 2.46. The first kappa shape index (κ1) is 17.9. The van der Waals surface area contributed by atoms with E-state index in [1.165, 1.54) is 12.1 Å². The molecule has 2 aromatic carbocycles. The van der Waals surface area contributed by atoms with Gasteiger partial charge in [-0.3, -0.25) is 9.59 Å². The molecule has 0 aliphatic carbocycles. The Morgan fingerprint density at radius 2 is 1.70 bits per heavy atom. The van der Waals surface area contributed by atoms with Crippen LogP contribution in [0.5, 0.6) is 0 Å². The van der Waals surface area contributed by atoms with E-state index in [9.17, 15) is 18.0 Å². The molecule has 2 amide bonds. The molecule has 2 aromatic rings. The van der Waals surface area contributed by atoms with E-state index >= 15 is 0 Å². The number of nitrogens with zero attached hydrogens (tertiary/aromatic N) is 1. The first-order chi connectivity index (χ1) is 12.8. The fourth-order valence-electron chi connectivity index (χ4n) is 2.94. The van der Waals surface area contributed by atoms with E-state index in [1.54, 1.807) is 36.4 Å². The molecular weight excluding hydrogens is 404 g/mol. The van der Waals surface area contributed by atoms with Gasteiger partial charge in [-0.25, -0.2) is 8.42 Å². The third-order valence-corrected chi connectivity index (χ3v) is 7.14. The van der Waals surface area contributed by atoms with Crippen molar-refractivity contribution in [2.75, 3.05) is 4.31 Å². The Morgan fingerprint density at radius 1 is 1.04 bits per heavy atom. The molecule has 0 atom stereocenters. The number of hydrogen-bond donors (Lipinski definition) is 1. The molecule has 1 saturated heterocycles. The van der Waals surface area contributed by atoms with E-state index in [2.05, 4.69) is 5.32 Å². The van der Waals surface area contributed by atoms with Gasteiger partial charge < -0.3 is 5.32 Å². The van der Waals surface area contributed by atoms with Gasteiger partial charge in [0.05, 0.1) is 21.1 Å². The van der Waals surface area contributed by atoms with Gasteiger partial charge in [0.2, 0.25) is 0 Å². The lowest BCUT2D eigenvalue weighted by atomic mass is 10.1.